The zero-order valence-electron chi connectivity index (χ0n) is 8.48. The lowest BCUT2D eigenvalue weighted by Crippen LogP contribution is -2.02. The first-order chi connectivity index (χ1) is 7.16. The Hall–Kier alpha value is -1.07. The fourth-order valence-electron chi connectivity index (χ4n) is 1.27. The topological polar surface area (TPSA) is 42.9 Å². The normalized spacial score (nSPS) is 10.5. The number of hydrogen-bond acceptors (Lipinski definition) is 5. The molecule has 2 rings (SSSR count). The van der Waals surface area contributed by atoms with E-state index in [0.717, 1.165) is 21.3 Å². The Morgan fingerprint density at radius 1 is 1.40 bits per heavy atom. The molecule has 0 aliphatic heterocycles. The smallest absolute Gasteiger partial charge is 0.181 e. The number of aromatic nitrogens is 2. The average Bonchev–Trinajstić information content (AvgIpc) is 2.75. The van der Waals surface area contributed by atoms with Gasteiger partial charge in [-0.3, -0.25) is 4.79 Å². The maximum atomic E-state index is 11.8. The van der Waals surface area contributed by atoms with Gasteiger partial charge in [0.2, 0.25) is 0 Å². The summed E-state index contributed by atoms with van der Waals surface area (Å²) >= 11 is 2.93. The molecule has 0 saturated carbocycles. The molecule has 0 aromatic carbocycles. The van der Waals surface area contributed by atoms with E-state index in [-0.39, 0.29) is 5.78 Å². The number of carbonyl (C=O) groups excluding carboxylic acids is 1. The maximum absolute atomic E-state index is 11.8. The Balaban J connectivity index is 2.14. The Morgan fingerprint density at radius 2 is 2.20 bits per heavy atom. The maximum Gasteiger partial charge on any atom is 0.181 e. The molecule has 0 bridgehead atoms. The number of Topliss-reactive ketones (excluding diaryl/α,β-unsaturated/α-hetero) is 1. The van der Waals surface area contributed by atoms with Crippen LogP contribution in [-0.4, -0.2) is 15.8 Å². The van der Waals surface area contributed by atoms with Crippen molar-refractivity contribution in [2.45, 2.75) is 20.3 Å². The summed E-state index contributed by atoms with van der Waals surface area (Å²) in [5.41, 5.74) is 3.50. The predicted octanol–water partition coefficient (Wildman–Crippen LogP) is 2.64. The van der Waals surface area contributed by atoms with Gasteiger partial charge in [-0.2, -0.15) is 0 Å². The molecule has 2 aromatic heterocycles. The van der Waals surface area contributed by atoms with Gasteiger partial charge >= 0.3 is 0 Å². The molecule has 0 amide bonds. The van der Waals surface area contributed by atoms with Gasteiger partial charge in [0.1, 0.15) is 5.01 Å². The molecule has 3 nitrogen and oxygen atoms in total. The van der Waals surface area contributed by atoms with Crippen LogP contribution < -0.4 is 0 Å². The minimum absolute atomic E-state index is 0.115. The van der Waals surface area contributed by atoms with E-state index in [0.29, 0.717) is 6.42 Å². The van der Waals surface area contributed by atoms with E-state index >= 15 is 0 Å². The van der Waals surface area contributed by atoms with Crippen LogP contribution in [0.3, 0.4) is 0 Å². The van der Waals surface area contributed by atoms with Crippen molar-refractivity contribution in [1.82, 2.24) is 9.97 Å². The molecule has 0 saturated heterocycles. The molecular weight excluding hydrogens is 228 g/mol. The van der Waals surface area contributed by atoms with Crippen molar-refractivity contribution in [2.75, 3.05) is 0 Å². The van der Waals surface area contributed by atoms with Crippen LogP contribution in [0.15, 0.2) is 10.9 Å². The number of ketones is 1. The minimum atomic E-state index is 0.115. The highest BCUT2D eigenvalue weighted by atomic mass is 32.1. The Morgan fingerprint density at radius 3 is 2.73 bits per heavy atom. The molecule has 15 heavy (non-hydrogen) atoms. The van der Waals surface area contributed by atoms with Gasteiger partial charge in [0, 0.05) is 11.1 Å². The first-order valence-corrected chi connectivity index (χ1v) is 6.27. The van der Waals surface area contributed by atoms with Crippen LogP contribution in [0.5, 0.6) is 0 Å². The van der Waals surface area contributed by atoms with Gasteiger partial charge in [-0.25, -0.2) is 9.97 Å². The SMILES string of the molecule is Cc1csc(CC(=O)c2scnc2C)n1. The van der Waals surface area contributed by atoms with Crippen molar-refractivity contribution in [3.8, 4) is 0 Å². The predicted molar refractivity (Wildman–Crippen MR) is 61.7 cm³/mol. The molecule has 0 aliphatic carbocycles. The highest BCUT2D eigenvalue weighted by Gasteiger charge is 2.13. The van der Waals surface area contributed by atoms with Gasteiger partial charge in [-0.1, -0.05) is 0 Å². The number of hydrogen-bond donors (Lipinski definition) is 0. The fraction of sp³-hybridized carbons (Fsp3) is 0.300. The largest absolute Gasteiger partial charge is 0.293 e. The summed E-state index contributed by atoms with van der Waals surface area (Å²) in [7, 11) is 0. The van der Waals surface area contributed by atoms with Crippen LogP contribution >= 0.6 is 22.7 Å². The summed E-state index contributed by atoms with van der Waals surface area (Å²) in [6.45, 7) is 3.79. The van der Waals surface area contributed by atoms with Crippen molar-refractivity contribution in [3.05, 3.63) is 32.2 Å². The van der Waals surface area contributed by atoms with E-state index in [1.54, 1.807) is 5.51 Å². The number of thiazole rings is 2. The molecule has 0 fully saturated rings. The molecule has 0 N–H and O–H groups in total. The van der Waals surface area contributed by atoms with Gasteiger partial charge in [0.05, 0.1) is 22.5 Å². The Kier molecular flexibility index (Phi) is 2.93. The number of aryl methyl sites for hydroxylation is 2. The zero-order valence-corrected chi connectivity index (χ0v) is 10.1. The van der Waals surface area contributed by atoms with Crippen LogP contribution in [0.4, 0.5) is 0 Å². The van der Waals surface area contributed by atoms with Crippen molar-refractivity contribution < 1.29 is 4.79 Å². The van der Waals surface area contributed by atoms with E-state index in [1.165, 1.54) is 22.7 Å². The zero-order chi connectivity index (χ0) is 10.8. The summed E-state index contributed by atoms with van der Waals surface area (Å²) in [4.78, 5) is 20.9. The van der Waals surface area contributed by atoms with Crippen molar-refractivity contribution in [3.63, 3.8) is 0 Å². The molecule has 0 spiro atoms. The second-order valence-electron chi connectivity index (χ2n) is 3.25. The van der Waals surface area contributed by atoms with Gasteiger partial charge in [0.25, 0.3) is 0 Å². The highest BCUT2D eigenvalue weighted by molar-refractivity contribution is 7.12. The molecule has 78 valence electrons. The highest BCUT2D eigenvalue weighted by Crippen LogP contribution is 2.17. The van der Waals surface area contributed by atoms with E-state index < -0.39 is 0 Å². The Bertz CT molecular complexity index is 487. The first-order valence-electron chi connectivity index (χ1n) is 4.51. The summed E-state index contributed by atoms with van der Waals surface area (Å²) < 4.78 is 0. The van der Waals surface area contributed by atoms with Crippen LogP contribution in [0.2, 0.25) is 0 Å². The van der Waals surface area contributed by atoms with Crippen molar-refractivity contribution in [2.24, 2.45) is 0 Å². The second kappa shape index (κ2) is 4.20. The van der Waals surface area contributed by atoms with Crippen LogP contribution in [-0.2, 0) is 6.42 Å². The van der Waals surface area contributed by atoms with Crippen molar-refractivity contribution in [1.29, 1.82) is 0 Å². The van der Waals surface area contributed by atoms with Gasteiger partial charge < -0.3 is 0 Å². The monoisotopic (exact) mass is 238 g/mol. The van der Waals surface area contributed by atoms with Gasteiger partial charge in [0.15, 0.2) is 5.78 Å². The summed E-state index contributed by atoms with van der Waals surface area (Å²) in [6, 6.07) is 0. The van der Waals surface area contributed by atoms with Crippen LogP contribution in [0.1, 0.15) is 26.1 Å². The quantitative estimate of drug-likeness (QED) is 0.772. The van der Waals surface area contributed by atoms with Gasteiger partial charge in [-0.05, 0) is 13.8 Å². The van der Waals surface area contributed by atoms with E-state index in [4.69, 9.17) is 0 Å². The fourth-order valence-corrected chi connectivity index (χ4v) is 2.78. The molecule has 0 atom stereocenters. The second-order valence-corrected chi connectivity index (χ2v) is 5.05. The van der Waals surface area contributed by atoms with E-state index in [2.05, 4.69) is 9.97 Å². The average molecular weight is 238 g/mol. The van der Waals surface area contributed by atoms with Crippen molar-refractivity contribution >= 4 is 28.5 Å². The van der Waals surface area contributed by atoms with E-state index in [1.807, 2.05) is 19.2 Å². The molecule has 0 radical (unpaired) electrons. The summed E-state index contributed by atoms with van der Waals surface area (Å²) in [5, 5.41) is 2.84. The molecule has 0 unspecified atom stereocenters. The summed E-state index contributed by atoms with van der Waals surface area (Å²) in [5.74, 6) is 0.115. The lowest BCUT2D eigenvalue weighted by atomic mass is 10.2. The third kappa shape index (κ3) is 2.30. The lowest BCUT2D eigenvalue weighted by molar-refractivity contribution is 0.0996. The first kappa shape index (κ1) is 10.4. The molecule has 5 heteroatoms. The molecule has 2 heterocycles. The van der Waals surface area contributed by atoms with Crippen LogP contribution in [0, 0.1) is 13.8 Å². The van der Waals surface area contributed by atoms with E-state index in [9.17, 15) is 4.79 Å². The van der Waals surface area contributed by atoms with Gasteiger partial charge in [-0.15, -0.1) is 22.7 Å². The minimum Gasteiger partial charge on any atom is -0.293 e. The standard InChI is InChI=1S/C10H10N2OS2/c1-6-4-14-9(12-6)3-8(13)10-7(2)11-5-15-10/h4-5H,3H2,1-2H3. The third-order valence-corrected chi connectivity index (χ3v) is 3.91. The third-order valence-electron chi connectivity index (χ3n) is 1.98. The van der Waals surface area contributed by atoms with Crippen LogP contribution in [0.25, 0.3) is 0 Å². The lowest BCUT2D eigenvalue weighted by Gasteiger charge is -1.94. The summed E-state index contributed by atoms with van der Waals surface area (Å²) in [6.07, 6.45) is 0.390. The number of rotatable bonds is 3. The number of carbonyl (C=O) groups is 1. The molecule has 2 aromatic rings. The molecular formula is C10H10N2OS2. The molecule has 0 aliphatic rings. The Labute approximate surface area is 95.8 Å². The number of nitrogens with zero attached hydrogens (tertiary/aromatic N) is 2.